The fourth-order valence-electron chi connectivity index (χ4n) is 4.82. The second-order valence-corrected chi connectivity index (χ2v) is 8.56. The van der Waals surface area contributed by atoms with Crippen molar-refractivity contribution in [2.24, 2.45) is 0 Å². The first kappa shape index (κ1) is 19.9. The van der Waals surface area contributed by atoms with Crippen molar-refractivity contribution in [3.63, 3.8) is 0 Å². The summed E-state index contributed by atoms with van der Waals surface area (Å²) in [5.74, 6) is 1.81. The molecular weight excluding hydrogens is 354 g/mol. The number of aryl methyl sites for hydroxylation is 1. The summed E-state index contributed by atoms with van der Waals surface area (Å²) in [5.41, 5.74) is 1.08. The quantitative estimate of drug-likeness (QED) is 0.807. The summed E-state index contributed by atoms with van der Waals surface area (Å²) in [6.07, 6.45) is 6.62. The number of nitrogens with zero attached hydrogens (tertiary/aromatic N) is 5. The molecule has 3 aliphatic heterocycles. The predicted octanol–water partition coefficient (Wildman–Crippen LogP) is 1.43. The average molecular weight is 390 g/mol. The summed E-state index contributed by atoms with van der Waals surface area (Å²) in [6.45, 7) is 7.50. The third-order valence-corrected chi connectivity index (χ3v) is 6.59. The Morgan fingerprint density at radius 2 is 1.68 bits per heavy atom. The maximum atomic E-state index is 10.9. The van der Waals surface area contributed by atoms with Crippen molar-refractivity contribution >= 4 is 11.8 Å². The van der Waals surface area contributed by atoms with Gasteiger partial charge in [0.1, 0.15) is 5.82 Å². The van der Waals surface area contributed by atoms with E-state index in [0.717, 1.165) is 75.9 Å². The lowest BCUT2D eigenvalue weighted by Crippen LogP contribution is -2.56. The Kier molecular flexibility index (Phi) is 6.33. The Labute approximate surface area is 168 Å². The highest BCUT2D eigenvalue weighted by molar-refractivity contribution is 5.47. The number of aromatic nitrogens is 2. The number of aliphatic hydroxyl groups is 2. The molecule has 7 heteroatoms. The number of β-amino-alcohol motifs (C(OH)–C–C–N with tert-alkyl or cyclic N) is 1. The molecule has 3 aliphatic rings. The van der Waals surface area contributed by atoms with Crippen molar-refractivity contribution in [1.82, 2.24) is 14.9 Å². The topological polar surface area (TPSA) is 76.0 Å². The van der Waals surface area contributed by atoms with Crippen LogP contribution in [-0.2, 0) is 6.42 Å². The van der Waals surface area contributed by atoms with E-state index in [1.165, 1.54) is 19.3 Å². The van der Waals surface area contributed by atoms with Gasteiger partial charge in [0.05, 0.1) is 12.2 Å². The van der Waals surface area contributed by atoms with Crippen LogP contribution in [0.2, 0.25) is 0 Å². The fraction of sp³-hybridized carbons (Fsp3) is 0.810. The molecule has 28 heavy (non-hydrogen) atoms. The second-order valence-electron chi connectivity index (χ2n) is 8.56. The molecular formula is C21H35N5O2. The maximum Gasteiger partial charge on any atom is 0.227 e. The van der Waals surface area contributed by atoms with Gasteiger partial charge >= 0.3 is 0 Å². The van der Waals surface area contributed by atoms with Crippen LogP contribution >= 0.6 is 0 Å². The number of aliphatic hydroxyl groups excluding tert-OH is 2. The average Bonchev–Trinajstić information content (AvgIpc) is 2.74. The van der Waals surface area contributed by atoms with Gasteiger partial charge in [0.15, 0.2) is 0 Å². The van der Waals surface area contributed by atoms with E-state index in [1.807, 2.05) is 0 Å². The van der Waals surface area contributed by atoms with Gasteiger partial charge < -0.3 is 20.0 Å². The lowest BCUT2D eigenvalue weighted by atomic mass is 9.96. The normalized spacial score (nSPS) is 28.0. The number of rotatable bonds is 4. The maximum absolute atomic E-state index is 10.9. The zero-order chi connectivity index (χ0) is 19.5. The Hall–Kier alpha value is -1.44. The van der Waals surface area contributed by atoms with Crippen molar-refractivity contribution in [3.8, 4) is 0 Å². The molecule has 0 saturated carbocycles. The molecule has 0 aliphatic carbocycles. The van der Waals surface area contributed by atoms with Gasteiger partial charge in [-0.05, 0) is 44.9 Å². The number of hydrogen-bond acceptors (Lipinski definition) is 7. The van der Waals surface area contributed by atoms with Gasteiger partial charge in [0.25, 0.3) is 0 Å². The largest absolute Gasteiger partial charge is 0.393 e. The van der Waals surface area contributed by atoms with E-state index in [1.54, 1.807) is 0 Å². The van der Waals surface area contributed by atoms with Crippen molar-refractivity contribution in [2.45, 2.75) is 70.1 Å². The van der Waals surface area contributed by atoms with Crippen LogP contribution in [0.15, 0.2) is 6.07 Å². The van der Waals surface area contributed by atoms with Crippen LogP contribution in [0.25, 0.3) is 0 Å². The molecule has 2 atom stereocenters. The smallest absolute Gasteiger partial charge is 0.227 e. The number of piperidine rings is 3. The van der Waals surface area contributed by atoms with Crippen molar-refractivity contribution in [1.29, 1.82) is 0 Å². The van der Waals surface area contributed by atoms with Crippen LogP contribution in [0.5, 0.6) is 0 Å². The molecule has 156 valence electrons. The summed E-state index contributed by atoms with van der Waals surface area (Å²) >= 11 is 0. The van der Waals surface area contributed by atoms with Crippen molar-refractivity contribution in [2.75, 3.05) is 49.1 Å². The van der Waals surface area contributed by atoms with Gasteiger partial charge in [-0.25, -0.2) is 4.98 Å². The van der Waals surface area contributed by atoms with Crippen LogP contribution in [0.3, 0.4) is 0 Å². The van der Waals surface area contributed by atoms with Crippen molar-refractivity contribution < 1.29 is 10.2 Å². The molecule has 2 N–H and O–H groups in total. The van der Waals surface area contributed by atoms with Gasteiger partial charge in [0, 0.05) is 57.1 Å². The molecule has 0 amide bonds. The SMILES string of the molecule is CCc1cc(N2CC[C@@H](N3CCC(O)CC3)[C@H](O)C2)nc(N2CCCCC2)n1. The van der Waals surface area contributed by atoms with Gasteiger partial charge in [-0.2, -0.15) is 4.98 Å². The molecule has 7 nitrogen and oxygen atoms in total. The Morgan fingerprint density at radius 1 is 0.929 bits per heavy atom. The molecule has 0 bridgehead atoms. The molecule has 4 rings (SSSR count). The molecule has 0 aromatic carbocycles. The summed E-state index contributed by atoms with van der Waals surface area (Å²) in [7, 11) is 0. The van der Waals surface area contributed by atoms with E-state index in [4.69, 9.17) is 9.97 Å². The minimum atomic E-state index is -0.387. The van der Waals surface area contributed by atoms with Crippen LogP contribution in [0, 0.1) is 0 Å². The molecule has 1 aromatic rings. The summed E-state index contributed by atoms with van der Waals surface area (Å²) in [6, 6.07) is 2.29. The van der Waals surface area contributed by atoms with E-state index < -0.39 is 0 Å². The van der Waals surface area contributed by atoms with Gasteiger partial charge in [0.2, 0.25) is 5.95 Å². The highest BCUT2D eigenvalue weighted by atomic mass is 16.3. The molecule has 0 spiro atoms. The van der Waals surface area contributed by atoms with E-state index in [-0.39, 0.29) is 18.2 Å². The molecule has 3 fully saturated rings. The molecule has 0 radical (unpaired) electrons. The van der Waals surface area contributed by atoms with E-state index in [2.05, 4.69) is 27.7 Å². The Morgan fingerprint density at radius 3 is 2.36 bits per heavy atom. The van der Waals surface area contributed by atoms with Crippen LogP contribution in [0.1, 0.15) is 51.1 Å². The van der Waals surface area contributed by atoms with E-state index >= 15 is 0 Å². The summed E-state index contributed by atoms with van der Waals surface area (Å²) in [4.78, 5) is 16.6. The third kappa shape index (κ3) is 4.42. The van der Waals surface area contributed by atoms with Crippen LogP contribution < -0.4 is 9.80 Å². The molecule has 1 aromatic heterocycles. The summed E-state index contributed by atoms with van der Waals surface area (Å²) < 4.78 is 0. The standard InChI is InChI=1S/C21H35N5O2/c1-2-16-14-20(23-21(22-16)25-9-4-3-5-10-25)26-13-8-18(19(28)15-26)24-11-6-17(27)7-12-24/h14,17-19,27-28H,2-13,15H2,1H3/t18-,19-/m1/s1. The van der Waals surface area contributed by atoms with Gasteiger partial charge in [-0.3, -0.25) is 4.90 Å². The zero-order valence-corrected chi connectivity index (χ0v) is 17.1. The fourth-order valence-corrected chi connectivity index (χ4v) is 4.82. The predicted molar refractivity (Wildman–Crippen MR) is 111 cm³/mol. The monoisotopic (exact) mass is 389 g/mol. The Bertz CT molecular complexity index is 644. The second kappa shape index (κ2) is 8.93. The zero-order valence-electron chi connectivity index (χ0n) is 17.1. The highest BCUT2D eigenvalue weighted by Gasteiger charge is 2.34. The van der Waals surface area contributed by atoms with Gasteiger partial charge in [-0.15, -0.1) is 0 Å². The van der Waals surface area contributed by atoms with Gasteiger partial charge in [-0.1, -0.05) is 6.92 Å². The van der Waals surface area contributed by atoms with Crippen LogP contribution in [0.4, 0.5) is 11.8 Å². The first-order chi connectivity index (χ1) is 13.6. The minimum Gasteiger partial charge on any atom is -0.393 e. The number of likely N-dealkylation sites (tertiary alicyclic amines) is 1. The highest BCUT2D eigenvalue weighted by Crippen LogP contribution is 2.26. The van der Waals surface area contributed by atoms with Crippen LogP contribution in [-0.4, -0.2) is 82.6 Å². The minimum absolute atomic E-state index is 0.171. The molecule has 3 saturated heterocycles. The van der Waals surface area contributed by atoms with E-state index in [9.17, 15) is 10.2 Å². The lowest BCUT2D eigenvalue weighted by molar-refractivity contribution is -0.000224. The number of anilines is 2. The van der Waals surface area contributed by atoms with E-state index in [0.29, 0.717) is 6.54 Å². The first-order valence-corrected chi connectivity index (χ1v) is 11.1. The first-order valence-electron chi connectivity index (χ1n) is 11.1. The Balaban J connectivity index is 1.45. The lowest BCUT2D eigenvalue weighted by Gasteiger charge is -2.44. The van der Waals surface area contributed by atoms with Crippen molar-refractivity contribution in [3.05, 3.63) is 11.8 Å². The third-order valence-electron chi connectivity index (χ3n) is 6.59. The number of hydrogen-bond donors (Lipinski definition) is 2. The molecule has 0 unspecified atom stereocenters. The summed E-state index contributed by atoms with van der Waals surface area (Å²) in [5, 5.41) is 20.6. The molecule has 4 heterocycles.